The maximum Gasteiger partial charge on any atom is 1.00 e. The van der Waals surface area contributed by atoms with Crippen LogP contribution in [-0.2, 0) is 20.3 Å². The smallest absolute Gasteiger partial charge is 0.750 e. The second-order valence-corrected chi connectivity index (χ2v) is 0.901. The van der Waals surface area contributed by atoms with E-state index in [9.17, 15) is 0 Å². The van der Waals surface area contributed by atoms with Crippen LogP contribution >= 0.6 is 0 Å². The second kappa shape index (κ2) is 15.7. The molecule has 0 aromatic heterocycles. The Morgan fingerprint density at radius 2 is 1.50 bits per heavy atom. The van der Waals surface area contributed by atoms with Crippen LogP contribution in [-0.4, -0.2) is 22.6 Å². The van der Waals surface area contributed by atoms with Gasteiger partial charge in [0.2, 0.25) is 0 Å². The fourth-order valence-electron chi connectivity index (χ4n) is 0. The van der Waals surface area contributed by atoms with Crippen LogP contribution in [0.25, 0.3) is 0 Å². The predicted octanol–water partition coefficient (Wildman–Crippen LogP) is -4.28. The topological polar surface area (TPSA) is 94.5 Å². The number of hydrogen-bond acceptors (Lipinski definition) is 4. The fraction of sp³-hybridized carbons (Fsp3) is 0. The Labute approximate surface area is 72.2 Å². The molecule has 0 aliphatic heterocycles. The SMILES string of the molecule is O=S([O-])O.O=[Si]=O.[Na+]. The molecule has 0 rings (SSSR count). The summed E-state index contributed by atoms with van der Waals surface area (Å²) in [6.45, 7) is 0. The van der Waals surface area contributed by atoms with Crippen LogP contribution in [0.5, 0.6) is 0 Å². The minimum Gasteiger partial charge on any atom is -0.750 e. The van der Waals surface area contributed by atoms with Gasteiger partial charge in [0.05, 0.1) is 11.4 Å². The van der Waals surface area contributed by atoms with Crippen LogP contribution in [0.4, 0.5) is 0 Å². The zero-order chi connectivity index (χ0) is 6.28. The standard InChI is InChI=1S/Na.H2O3S.O2Si/c;1-4(2)3;1-3-2/h;(H2,1,2,3);/q+1;;/p-1. The van der Waals surface area contributed by atoms with Gasteiger partial charge in [-0.3, -0.25) is 8.92 Å². The van der Waals surface area contributed by atoms with E-state index in [1.54, 1.807) is 0 Å². The largest absolute Gasteiger partial charge is 1.00 e. The quantitative estimate of drug-likeness (QED) is 0.289. The molecule has 0 aliphatic carbocycles. The van der Waals surface area contributed by atoms with Gasteiger partial charge in [0.1, 0.15) is 0 Å². The van der Waals surface area contributed by atoms with Crippen molar-refractivity contribution in [1.29, 1.82) is 0 Å². The summed E-state index contributed by atoms with van der Waals surface area (Å²) < 4.78 is 40.9. The predicted molar refractivity (Wildman–Crippen MR) is 18.7 cm³/mol. The van der Waals surface area contributed by atoms with E-state index in [1.165, 1.54) is 0 Å². The minimum atomic E-state index is -2.86. The van der Waals surface area contributed by atoms with Crippen LogP contribution in [0.15, 0.2) is 0 Å². The Morgan fingerprint density at radius 1 is 1.50 bits per heavy atom. The summed E-state index contributed by atoms with van der Waals surface area (Å²) in [7, 11) is -1.42. The Morgan fingerprint density at radius 3 is 1.50 bits per heavy atom. The van der Waals surface area contributed by atoms with Crippen molar-refractivity contribution in [2.75, 3.05) is 0 Å². The van der Waals surface area contributed by atoms with E-state index in [0.29, 0.717) is 0 Å². The molecule has 8 heteroatoms. The van der Waals surface area contributed by atoms with Crippen molar-refractivity contribution in [3.8, 4) is 0 Å². The summed E-state index contributed by atoms with van der Waals surface area (Å²) >= 11 is -2.86. The van der Waals surface area contributed by atoms with E-state index < -0.39 is 20.7 Å². The molecular formula is HNaO5SSi. The maximum atomic E-state index is 8.56. The molecule has 1 unspecified atom stereocenters. The van der Waals surface area contributed by atoms with Crippen LogP contribution in [0.3, 0.4) is 0 Å². The third kappa shape index (κ3) is 303. The van der Waals surface area contributed by atoms with Crippen molar-refractivity contribution in [3.05, 3.63) is 0 Å². The van der Waals surface area contributed by atoms with Crippen molar-refractivity contribution in [1.82, 2.24) is 0 Å². The van der Waals surface area contributed by atoms with Crippen molar-refractivity contribution < 1.29 is 51.8 Å². The molecule has 0 fully saturated rings. The van der Waals surface area contributed by atoms with Gasteiger partial charge in [-0.05, 0) is 0 Å². The van der Waals surface area contributed by atoms with E-state index >= 15 is 0 Å². The monoisotopic (exact) mass is 164 g/mol. The molecule has 1 N–H and O–H groups in total. The van der Waals surface area contributed by atoms with Crippen molar-refractivity contribution in [2.45, 2.75) is 0 Å². The van der Waals surface area contributed by atoms with Crippen LogP contribution in [0.1, 0.15) is 0 Å². The average molecular weight is 164 g/mol. The maximum absolute atomic E-state index is 8.56. The van der Waals surface area contributed by atoms with E-state index in [1.807, 2.05) is 0 Å². The van der Waals surface area contributed by atoms with Gasteiger partial charge in [-0.2, -0.15) is 0 Å². The molecule has 0 radical (unpaired) electrons. The first-order valence-electron chi connectivity index (χ1n) is 0.924. The number of rotatable bonds is 0. The molecule has 5 nitrogen and oxygen atoms in total. The van der Waals surface area contributed by atoms with Crippen LogP contribution in [0.2, 0.25) is 0 Å². The molecular weight excluding hydrogens is 163 g/mol. The van der Waals surface area contributed by atoms with Crippen molar-refractivity contribution in [3.63, 3.8) is 0 Å². The van der Waals surface area contributed by atoms with E-state index in [-0.39, 0.29) is 29.6 Å². The van der Waals surface area contributed by atoms with Gasteiger partial charge >= 0.3 is 38.8 Å². The molecule has 0 aliphatic rings. The van der Waals surface area contributed by atoms with Crippen molar-refractivity contribution >= 4 is 20.7 Å². The third-order valence-corrected chi connectivity index (χ3v) is 0. The summed E-state index contributed by atoms with van der Waals surface area (Å²) in [6.07, 6.45) is 0. The molecule has 0 bridgehead atoms. The van der Waals surface area contributed by atoms with Gasteiger partial charge in [0.25, 0.3) is 0 Å². The van der Waals surface area contributed by atoms with Gasteiger partial charge in [0.15, 0.2) is 0 Å². The van der Waals surface area contributed by atoms with Crippen LogP contribution in [0, 0.1) is 0 Å². The Kier molecular flexibility index (Phi) is 31.2. The molecule has 42 valence electrons. The molecule has 0 aromatic carbocycles. The Balaban J connectivity index is -0.0000000575. The zero-order valence-electron chi connectivity index (χ0n) is 3.99. The number of hydrogen-bond donors (Lipinski definition) is 1. The first-order valence-corrected chi connectivity index (χ1v) is 2.77. The third-order valence-electron chi connectivity index (χ3n) is 0. The fourth-order valence-corrected chi connectivity index (χ4v) is 0. The first-order chi connectivity index (χ1) is 3.15. The summed E-state index contributed by atoms with van der Waals surface area (Å²) in [5, 5.41) is 0. The summed E-state index contributed by atoms with van der Waals surface area (Å²) in [5.74, 6) is 0. The molecule has 0 spiro atoms. The average Bonchev–Trinajstić information content (AvgIpc) is 1.33. The van der Waals surface area contributed by atoms with Gasteiger partial charge in [0, 0.05) is 0 Å². The van der Waals surface area contributed by atoms with Gasteiger partial charge in [-0.15, -0.1) is 0 Å². The molecule has 0 aromatic rings. The Bertz CT molecular complexity index is 80.4. The van der Waals surface area contributed by atoms with Crippen molar-refractivity contribution in [2.24, 2.45) is 0 Å². The molecule has 0 amide bonds. The zero-order valence-corrected chi connectivity index (χ0v) is 7.80. The normalized spacial score (nSPS) is 8.75. The molecule has 8 heavy (non-hydrogen) atoms. The first kappa shape index (κ1) is 16.0. The van der Waals surface area contributed by atoms with E-state index in [0.717, 1.165) is 0 Å². The molecule has 0 saturated heterocycles. The van der Waals surface area contributed by atoms with E-state index in [4.69, 9.17) is 22.2 Å². The minimum absolute atomic E-state index is 0. The van der Waals surface area contributed by atoms with Gasteiger partial charge < -0.3 is 9.11 Å². The molecule has 0 saturated carbocycles. The van der Waals surface area contributed by atoms with E-state index in [2.05, 4.69) is 0 Å². The molecule has 0 heterocycles. The summed E-state index contributed by atoms with van der Waals surface area (Å²) in [5.41, 5.74) is 0. The second-order valence-electron chi connectivity index (χ2n) is 0.300. The Hall–Kier alpha value is 0.887. The summed E-state index contributed by atoms with van der Waals surface area (Å²) in [6, 6.07) is 0. The van der Waals surface area contributed by atoms with Gasteiger partial charge in [-0.1, -0.05) is 0 Å². The van der Waals surface area contributed by atoms with Crippen LogP contribution < -0.4 is 29.6 Å². The van der Waals surface area contributed by atoms with Gasteiger partial charge in [-0.25, -0.2) is 4.21 Å². The summed E-state index contributed by atoms with van der Waals surface area (Å²) in [4.78, 5) is 0. The molecule has 1 atom stereocenters.